The van der Waals surface area contributed by atoms with E-state index in [2.05, 4.69) is 19.9 Å². The van der Waals surface area contributed by atoms with Gasteiger partial charge in [0, 0.05) is 11.8 Å². The van der Waals surface area contributed by atoms with Gasteiger partial charge in [-0.05, 0) is 105 Å². The Balaban J connectivity index is 1.13. The SMILES string of the molecule is CC12CCC(OC(=O)c3ccc(N([O-])O)cc3)CC1=CCC1C2CCC2(C)C1OCC2(C)OC(=O)c1ccc(N([O-])O)cc1. The average molecular weight is 607 g/mol. The zero-order chi connectivity index (χ0) is 31.4. The van der Waals surface area contributed by atoms with Gasteiger partial charge in [-0.25, -0.2) is 9.59 Å². The van der Waals surface area contributed by atoms with E-state index in [4.69, 9.17) is 24.6 Å². The molecule has 11 heteroatoms. The predicted molar refractivity (Wildman–Crippen MR) is 160 cm³/mol. The van der Waals surface area contributed by atoms with Gasteiger partial charge in [0.05, 0.1) is 35.2 Å². The maximum absolute atomic E-state index is 13.2. The zero-order valence-electron chi connectivity index (χ0n) is 25.1. The number of anilines is 2. The Morgan fingerprint density at radius 2 is 1.48 bits per heavy atom. The first-order valence-corrected chi connectivity index (χ1v) is 15.1. The summed E-state index contributed by atoms with van der Waals surface area (Å²) in [6, 6.07) is 11.3. The number of benzene rings is 2. The van der Waals surface area contributed by atoms with E-state index >= 15 is 0 Å². The van der Waals surface area contributed by atoms with Gasteiger partial charge in [0.25, 0.3) is 0 Å². The normalized spacial score (nSPS) is 34.1. The van der Waals surface area contributed by atoms with Crippen molar-refractivity contribution < 1.29 is 34.2 Å². The van der Waals surface area contributed by atoms with Gasteiger partial charge in [-0.1, -0.05) is 25.5 Å². The van der Waals surface area contributed by atoms with Crippen LogP contribution in [-0.2, 0) is 14.2 Å². The minimum atomic E-state index is -0.835. The third kappa shape index (κ3) is 5.06. The van der Waals surface area contributed by atoms with E-state index in [1.54, 1.807) is 0 Å². The van der Waals surface area contributed by atoms with Crippen molar-refractivity contribution in [3.8, 4) is 0 Å². The van der Waals surface area contributed by atoms with E-state index in [0.29, 0.717) is 30.1 Å². The Labute approximate surface area is 256 Å². The standard InChI is InChI=1S/C33H38N2O9/c1-31-16-14-25(43-29(36)20-4-9-23(10-5-20)34(38)39)18-22(31)8-13-26-27(31)15-17-32(2)28(26)42-19-33(32,3)44-30(37)21-6-11-24(12-7-21)35(40)41/h4-12,25-28,38,40H,13-19H2,1-3H3/q-2. The number of ether oxygens (including phenoxy) is 3. The van der Waals surface area contributed by atoms with Crippen LogP contribution in [-0.4, -0.2) is 46.8 Å². The monoisotopic (exact) mass is 606 g/mol. The Bertz CT molecular complexity index is 1440. The summed E-state index contributed by atoms with van der Waals surface area (Å²) in [5.41, 5.74) is 0.740. The van der Waals surface area contributed by atoms with E-state index in [0.717, 1.165) is 32.1 Å². The van der Waals surface area contributed by atoms with Gasteiger partial charge in [-0.2, -0.15) is 0 Å². The third-order valence-electron chi connectivity index (χ3n) is 11.1. The quantitative estimate of drug-likeness (QED) is 0.220. The lowest BCUT2D eigenvalue weighted by atomic mass is 9.48. The highest BCUT2D eigenvalue weighted by Gasteiger charge is 2.65. The molecule has 1 heterocycles. The smallest absolute Gasteiger partial charge is 0.338 e. The highest BCUT2D eigenvalue weighted by Crippen LogP contribution is 2.64. The minimum Gasteiger partial charge on any atom is -0.733 e. The molecule has 7 unspecified atom stereocenters. The maximum atomic E-state index is 13.2. The van der Waals surface area contributed by atoms with Crippen molar-refractivity contribution in [3.63, 3.8) is 0 Å². The van der Waals surface area contributed by atoms with Crippen molar-refractivity contribution in [2.24, 2.45) is 22.7 Å². The summed E-state index contributed by atoms with van der Waals surface area (Å²) in [6.07, 6.45) is 6.91. The fraction of sp³-hybridized carbons (Fsp3) is 0.515. The number of rotatable bonds is 6. The Hall–Kier alpha value is -3.48. The lowest BCUT2D eigenvalue weighted by Crippen LogP contribution is -2.57. The first-order chi connectivity index (χ1) is 20.8. The fourth-order valence-corrected chi connectivity index (χ4v) is 8.26. The second-order valence-corrected chi connectivity index (χ2v) is 13.4. The highest BCUT2D eigenvalue weighted by molar-refractivity contribution is 5.90. The van der Waals surface area contributed by atoms with E-state index in [1.165, 1.54) is 54.1 Å². The van der Waals surface area contributed by atoms with Crippen LogP contribution in [0.5, 0.6) is 0 Å². The van der Waals surface area contributed by atoms with Crippen molar-refractivity contribution in [3.05, 3.63) is 81.7 Å². The van der Waals surface area contributed by atoms with Gasteiger partial charge < -0.3 is 35.1 Å². The van der Waals surface area contributed by atoms with E-state index in [9.17, 15) is 20.0 Å². The molecule has 0 amide bonds. The average Bonchev–Trinajstić information content (AvgIpc) is 3.27. The lowest BCUT2D eigenvalue weighted by molar-refractivity contribution is -0.116. The topological polar surface area (TPSA) is 155 Å². The molecule has 11 nitrogen and oxygen atoms in total. The second kappa shape index (κ2) is 11.1. The van der Waals surface area contributed by atoms with Crippen LogP contribution >= 0.6 is 0 Å². The molecule has 4 aliphatic rings. The number of hydrogen-bond donors (Lipinski definition) is 2. The van der Waals surface area contributed by atoms with Crippen molar-refractivity contribution in [1.82, 2.24) is 0 Å². The summed E-state index contributed by atoms with van der Waals surface area (Å²) in [7, 11) is 0. The second-order valence-electron chi connectivity index (χ2n) is 13.4. The van der Waals surface area contributed by atoms with Crippen LogP contribution in [0.15, 0.2) is 60.2 Å². The van der Waals surface area contributed by atoms with Crippen LogP contribution in [0.1, 0.15) is 80.0 Å². The Morgan fingerprint density at radius 3 is 2.07 bits per heavy atom. The highest BCUT2D eigenvalue weighted by atomic mass is 16.8. The molecular weight excluding hydrogens is 568 g/mol. The number of esters is 2. The molecule has 0 radical (unpaired) electrons. The molecule has 1 saturated heterocycles. The molecule has 2 saturated carbocycles. The molecule has 0 bridgehead atoms. The number of fused-ring (bicyclic) bond motifs is 5. The number of carbonyl (C=O) groups excluding carboxylic acids is 2. The molecule has 236 valence electrons. The Kier molecular flexibility index (Phi) is 7.74. The van der Waals surface area contributed by atoms with Crippen LogP contribution in [0.4, 0.5) is 11.4 Å². The first kappa shape index (κ1) is 30.5. The summed E-state index contributed by atoms with van der Waals surface area (Å²) in [4.78, 5) is 26.0. The van der Waals surface area contributed by atoms with Crippen molar-refractivity contribution in [2.75, 3.05) is 17.1 Å². The zero-order valence-corrected chi connectivity index (χ0v) is 25.1. The lowest BCUT2D eigenvalue weighted by Gasteiger charge is -2.57. The van der Waals surface area contributed by atoms with Crippen LogP contribution in [0, 0.1) is 33.1 Å². The van der Waals surface area contributed by atoms with E-state index in [1.807, 2.05) is 6.92 Å². The number of hydrogen-bond acceptors (Lipinski definition) is 11. The molecule has 3 aliphatic carbocycles. The van der Waals surface area contributed by atoms with Crippen molar-refractivity contribution >= 4 is 23.3 Å². The van der Waals surface area contributed by atoms with Gasteiger partial charge in [0.15, 0.2) is 0 Å². The summed E-state index contributed by atoms with van der Waals surface area (Å²) in [6.45, 7) is 6.74. The predicted octanol–water partition coefficient (Wildman–Crippen LogP) is 6.17. The molecule has 3 fully saturated rings. The van der Waals surface area contributed by atoms with Crippen LogP contribution in [0.25, 0.3) is 0 Å². The van der Waals surface area contributed by atoms with Crippen LogP contribution < -0.4 is 10.5 Å². The summed E-state index contributed by atoms with van der Waals surface area (Å²) >= 11 is 0. The molecule has 0 spiro atoms. The van der Waals surface area contributed by atoms with Gasteiger partial charge in [0.2, 0.25) is 0 Å². The van der Waals surface area contributed by atoms with E-state index < -0.39 is 17.5 Å². The number of carbonyl (C=O) groups is 2. The molecule has 2 N–H and O–H groups in total. The summed E-state index contributed by atoms with van der Waals surface area (Å²) < 4.78 is 18.5. The van der Waals surface area contributed by atoms with Crippen LogP contribution in [0.3, 0.4) is 0 Å². The summed E-state index contributed by atoms with van der Waals surface area (Å²) in [5, 5.41) is 39.8. The molecular formula is C33H38N2O9-2. The minimum absolute atomic E-state index is 0.0271. The summed E-state index contributed by atoms with van der Waals surface area (Å²) in [5.74, 6) is -0.297. The molecule has 0 aromatic heterocycles. The number of allylic oxidation sites excluding steroid dienone is 1. The maximum Gasteiger partial charge on any atom is 0.338 e. The van der Waals surface area contributed by atoms with Gasteiger partial charge in [-0.15, -0.1) is 0 Å². The van der Waals surface area contributed by atoms with Gasteiger partial charge in [0.1, 0.15) is 11.7 Å². The first-order valence-electron chi connectivity index (χ1n) is 15.1. The molecule has 2 aromatic rings. The van der Waals surface area contributed by atoms with Gasteiger partial charge >= 0.3 is 11.9 Å². The molecule has 7 atom stereocenters. The third-order valence-corrected chi connectivity index (χ3v) is 11.1. The fourth-order valence-electron chi connectivity index (χ4n) is 8.26. The largest absolute Gasteiger partial charge is 0.733 e. The van der Waals surface area contributed by atoms with Gasteiger partial charge in [-0.3, -0.25) is 10.4 Å². The number of nitrogens with zero attached hydrogens (tertiary/aromatic N) is 2. The van der Waals surface area contributed by atoms with Crippen molar-refractivity contribution in [2.45, 2.75) is 77.1 Å². The van der Waals surface area contributed by atoms with E-state index in [-0.39, 0.29) is 50.8 Å². The van der Waals surface area contributed by atoms with Crippen LogP contribution in [0.2, 0.25) is 0 Å². The molecule has 6 rings (SSSR count). The molecule has 2 aromatic carbocycles. The molecule has 1 aliphatic heterocycles. The Morgan fingerprint density at radius 1 is 0.886 bits per heavy atom. The van der Waals surface area contributed by atoms with Crippen molar-refractivity contribution in [1.29, 1.82) is 0 Å². The molecule has 44 heavy (non-hydrogen) atoms.